The molecule has 0 spiro atoms. The molecule has 25 heavy (non-hydrogen) atoms. The minimum absolute atomic E-state index is 0.0125. The lowest BCUT2D eigenvalue weighted by molar-refractivity contribution is -0.141. The predicted molar refractivity (Wildman–Crippen MR) is 83.5 cm³/mol. The summed E-state index contributed by atoms with van der Waals surface area (Å²) in [6, 6.07) is 11.7. The fourth-order valence-electron chi connectivity index (χ4n) is 2.95. The Morgan fingerprint density at radius 2 is 1.92 bits per heavy atom. The zero-order valence-corrected chi connectivity index (χ0v) is 13.1. The lowest BCUT2D eigenvalue weighted by Gasteiger charge is -2.33. The van der Waals surface area contributed by atoms with Crippen molar-refractivity contribution in [3.8, 4) is 6.07 Å². The van der Waals surface area contributed by atoms with Crippen LogP contribution in [0.3, 0.4) is 0 Å². The molecule has 1 N–H and O–H groups in total. The maximum Gasteiger partial charge on any atom is 0.433 e. The third-order valence-electron chi connectivity index (χ3n) is 4.31. The van der Waals surface area contributed by atoms with Crippen molar-refractivity contribution >= 4 is 5.91 Å². The third kappa shape index (κ3) is 3.48. The average molecular weight is 345 g/mol. The Morgan fingerprint density at radius 1 is 1.20 bits per heavy atom. The second-order valence-corrected chi connectivity index (χ2v) is 6.02. The highest BCUT2D eigenvalue weighted by molar-refractivity contribution is 5.94. The van der Waals surface area contributed by atoms with Crippen molar-refractivity contribution in [1.29, 1.82) is 5.26 Å². The van der Waals surface area contributed by atoms with Gasteiger partial charge in [-0.2, -0.15) is 18.4 Å². The molecule has 4 nitrogen and oxygen atoms in total. The van der Waals surface area contributed by atoms with Gasteiger partial charge in [0.2, 0.25) is 0 Å². The van der Waals surface area contributed by atoms with Gasteiger partial charge in [0.1, 0.15) is 11.2 Å². The van der Waals surface area contributed by atoms with E-state index < -0.39 is 23.3 Å². The minimum atomic E-state index is -4.56. The van der Waals surface area contributed by atoms with E-state index in [4.69, 9.17) is 0 Å². The van der Waals surface area contributed by atoms with Gasteiger partial charge in [-0.1, -0.05) is 24.3 Å². The number of aromatic nitrogens is 1. The van der Waals surface area contributed by atoms with Crippen LogP contribution in [-0.4, -0.2) is 16.4 Å². The van der Waals surface area contributed by atoms with Crippen LogP contribution in [0.15, 0.2) is 42.6 Å². The first-order valence-electron chi connectivity index (χ1n) is 7.67. The van der Waals surface area contributed by atoms with Crippen molar-refractivity contribution in [1.82, 2.24) is 10.3 Å². The number of aryl methyl sites for hydroxylation is 1. The number of hydrogen-bond acceptors (Lipinski definition) is 3. The van der Waals surface area contributed by atoms with E-state index in [2.05, 4.69) is 16.4 Å². The molecule has 3 rings (SSSR count). The van der Waals surface area contributed by atoms with Gasteiger partial charge in [-0.25, -0.2) is 0 Å². The minimum Gasteiger partial charge on any atom is -0.333 e. The molecule has 7 heteroatoms. The molecule has 1 heterocycles. The molecule has 1 aromatic carbocycles. The van der Waals surface area contributed by atoms with Gasteiger partial charge in [0.05, 0.1) is 11.6 Å². The quantitative estimate of drug-likeness (QED) is 0.908. The number of benzene rings is 1. The fourth-order valence-corrected chi connectivity index (χ4v) is 2.95. The van der Waals surface area contributed by atoms with E-state index in [1.54, 1.807) is 0 Å². The standard InChI is InChI=1S/C18H14F3N3O/c19-18(20,21)15-6-5-14(10-23-15)16(25)24-17(11-22)8-7-12-3-1-2-4-13(12)9-17/h1-6,10H,7-9H2,(H,24,25)/t17-/m0/s1. The molecule has 0 fully saturated rings. The number of amides is 1. The molecule has 1 aliphatic carbocycles. The number of nitrogens with zero attached hydrogens (tertiary/aromatic N) is 2. The summed E-state index contributed by atoms with van der Waals surface area (Å²) in [5, 5.41) is 12.3. The van der Waals surface area contributed by atoms with Gasteiger partial charge in [-0.3, -0.25) is 9.78 Å². The van der Waals surface area contributed by atoms with E-state index in [9.17, 15) is 23.2 Å². The van der Waals surface area contributed by atoms with E-state index in [1.165, 1.54) is 0 Å². The number of carbonyl (C=O) groups is 1. The summed E-state index contributed by atoms with van der Waals surface area (Å²) in [4.78, 5) is 15.6. The number of pyridine rings is 1. The van der Waals surface area contributed by atoms with Crippen LogP contribution in [0.2, 0.25) is 0 Å². The number of nitrogens with one attached hydrogen (secondary N) is 1. The summed E-state index contributed by atoms with van der Waals surface area (Å²) >= 11 is 0. The van der Waals surface area contributed by atoms with Gasteiger partial charge < -0.3 is 5.32 Å². The predicted octanol–water partition coefficient (Wildman–Crippen LogP) is 3.28. The van der Waals surface area contributed by atoms with Crippen molar-refractivity contribution < 1.29 is 18.0 Å². The SMILES string of the molecule is N#C[C@]1(NC(=O)c2ccc(C(F)(F)F)nc2)CCc2ccccc2C1. The number of halogens is 3. The highest BCUT2D eigenvalue weighted by Crippen LogP contribution is 2.29. The number of nitriles is 1. The highest BCUT2D eigenvalue weighted by atomic mass is 19.4. The topological polar surface area (TPSA) is 65.8 Å². The summed E-state index contributed by atoms with van der Waals surface area (Å²) in [6.45, 7) is 0. The van der Waals surface area contributed by atoms with Gasteiger partial charge in [0.25, 0.3) is 5.91 Å². The fraction of sp³-hybridized carbons (Fsp3) is 0.278. The second-order valence-electron chi connectivity index (χ2n) is 6.02. The first-order valence-corrected chi connectivity index (χ1v) is 7.67. The van der Waals surface area contributed by atoms with E-state index >= 15 is 0 Å². The largest absolute Gasteiger partial charge is 0.433 e. The molecule has 1 aliphatic rings. The van der Waals surface area contributed by atoms with Crippen LogP contribution in [0.25, 0.3) is 0 Å². The molecule has 0 unspecified atom stereocenters. The first kappa shape index (κ1) is 17.0. The van der Waals surface area contributed by atoms with E-state index in [-0.39, 0.29) is 5.56 Å². The van der Waals surface area contributed by atoms with E-state index in [1.807, 2.05) is 24.3 Å². The lowest BCUT2D eigenvalue weighted by atomic mass is 9.78. The molecule has 1 aromatic heterocycles. The Hall–Kier alpha value is -2.88. The number of rotatable bonds is 2. The molecule has 0 aliphatic heterocycles. The Morgan fingerprint density at radius 3 is 2.52 bits per heavy atom. The van der Waals surface area contributed by atoms with Crippen molar-refractivity contribution in [3.05, 3.63) is 65.0 Å². The van der Waals surface area contributed by atoms with Gasteiger partial charge in [0, 0.05) is 12.6 Å². The number of alkyl halides is 3. The molecule has 0 radical (unpaired) electrons. The van der Waals surface area contributed by atoms with E-state index in [0.717, 1.165) is 29.5 Å². The van der Waals surface area contributed by atoms with Gasteiger partial charge in [0.15, 0.2) is 0 Å². The van der Waals surface area contributed by atoms with Crippen molar-refractivity contribution in [2.24, 2.45) is 0 Å². The Kier molecular flexibility index (Phi) is 4.21. The Labute approximate surface area is 142 Å². The van der Waals surface area contributed by atoms with Crippen LogP contribution in [0.1, 0.15) is 33.6 Å². The van der Waals surface area contributed by atoms with Crippen molar-refractivity contribution in [2.75, 3.05) is 0 Å². The molecule has 128 valence electrons. The van der Waals surface area contributed by atoms with E-state index in [0.29, 0.717) is 19.3 Å². The molecular formula is C18H14F3N3O. The van der Waals surface area contributed by atoms with Crippen molar-refractivity contribution in [2.45, 2.75) is 31.0 Å². The summed E-state index contributed by atoms with van der Waals surface area (Å²) in [7, 11) is 0. The zero-order valence-electron chi connectivity index (χ0n) is 13.1. The molecule has 0 saturated carbocycles. The van der Waals surface area contributed by atoms with Gasteiger partial charge in [-0.05, 0) is 36.1 Å². The molecule has 0 bridgehead atoms. The van der Waals surface area contributed by atoms with Gasteiger partial charge >= 0.3 is 6.18 Å². The van der Waals surface area contributed by atoms with Gasteiger partial charge in [-0.15, -0.1) is 0 Å². The molecule has 1 atom stereocenters. The van der Waals surface area contributed by atoms with Crippen LogP contribution in [0, 0.1) is 11.3 Å². The van der Waals surface area contributed by atoms with Crippen LogP contribution in [-0.2, 0) is 19.0 Å². The maximum atomic E-state index is 12.5. The number of carbonyl (C=O) groups excluding carboxylic acids is 1. The molecule has 1 amide bonds. The zero-order chi connectivity index (χ0) is 18.1. The Balaban J connectivity index is 1.79. The first-order chi connectivity index (χ1) is 11.8. The van der Waals surface area contributed by atoms with Crippen molar-refractivity contribution in [3.63, 3.8) is 0 Å². The lowest BCUT2D eigenvalue weighted by Crippen LogP contribution is -2.51. The van der Waals surface area contributed by atoms with Crippen LogP contribution in [0.4, 0.5) is 13.2 Å². The summed E-state index contributed by atoms with van der Waals surface area (Å²) in [5.74, 6) is -0.609. The smallest absolute Gasteiger partial charge is 0.333 e. The molecule has 0 saturated heterocycles. The number of hydrogen-bond donors (Lipinski definition) is 1. The average Bonchev–Trinajstić information content (AvgIpc) is 2.61. The summed E-state index contributed by atoms with van der Waals surface area (Å²) < 4.78 is 37.6. The highest BCUT2D eigenvalue weighted by Gasteiger charge is 2.37. The molecular weight excluding hydrogens is 331 g/mol. The maximum absolute atomic E-state index is 12.5. The monoisotopic (exact) mass is 345 g/mol. The van der Waals surface area contributed by atoms with Crippen LogP contribution in [0.5, 0.6) is 0 Å². The second kappa shape index (κ2) is 6.20. The summed E-state index contributed by atoms with van der Waals surface area (Å²) in [5.41, 5.74) is -0.0270. The number of fused-ring (bicyclic) bond motifs is 1. The normalized spacial score (nSPS) is 19.6. The third-order valence-corrected chi connectivity index (χ3v) is 4.31. The molecule has 2 aromatic rings. The Bertz CT molecular complexity index is 840. The van der Waals surface area contributed by atoms with Crippen LogP contribution < -0.4 is 5.32 Å². The van der Waals surface area contributed by atoms with Crippen LogP contribution >= 0.6 is 0 Å². The summed E-state index contributed by atoms with van der Waals surface area (Å²) in [6.07, 6.45) is -2.23.